The van der Waals surface area contributed by atoms with Crippen LogP contribution in [0.5, 0.6) is 0 Å². The summed E-state index contributed by atoms with van der Waals surface area (Å²) < 4.78 is 2.32. The molecule has 120 valence electrons. The highest BCUT2D eigenvalue weighted by atomic mass is 16.1. The van der Waals surface area contributed by atoms with E-state index in [1.54, 1.807) is 0 Å². The molecule has 0 saturated carbocycles. The van der Waals surface area contributed by atoms with Gasteiger partial charge in [0.25, 0.3) is 0 Å². The van der Waals surface area contributed by atoms with E-state index in [0.717, 1.165) is 28.2 Å². The molecule has 0 saturated heterocycles. The Morgan fingerprint density at radius 1 is 1.23 bits per heavy atom. The number of allylic oxidation sites excluding steroid dienone is 2. The molecule has 1 aliphatic rings. The molecule has 1 N–H and O–H groups in total. The molecule has 2 rings (SSSR count). The minimum absolute atomic E-state index is 0.162. The Labute approximate surface area is 133 Å². The molecule has 1 heterocycles. The number of pyridine rings is 1. The molecule has 0 aromatic carbocycles. The Bertz CT molecular complexity index is 764. The molecule has 3 nitrogen and oxygen atoms in total. The maximum atomic E-state index is 12.8. The Morgan fingerprint density at radius 2 is 1.91 bits per heavy atom. The van der Waals surface area contributed by atoms with Crippen LogP contribution in [0, 0.1) is 12.8 Å². The van der Waals surface area contributed by atoms with E-state index in [4.69, 9.17) is 0 Å². The molecule has 1 aromatic rings. The second kappa shape index (κ2) is 6.66. The van der Waals surface area contributed by atoms with Crippen LogP contribution >= 0.6 is 0 Å². The van der Waals surface area contributed by atoms with Crippen LogP contribution in [0.1, 0.15) is 51.4 Å². The van der Waals surface area contributed by atoms with Crippen LogP contribution in [0.15, 0.2) is 16.4 Å². The van der Waals surface area contributed by atoms with Gasteiger partial charge in [0.1, 0.15) is 0 Å². The zero-order chi connectivity index (χ0) is 16.4. The van der Waals surface area contributed by atoms with Gasteiger partial charge in [0.2, 0.25) is 0 Å². The number of nitrogens with one attached hydrogen (secondary N) is 1. The van der Waals surface area contributed by atoms with E-state index in [9.17, 15) is 4.79 Å². The lowest BCUT2D eigenvalue weighted by molar-refractivity contribution is 0.533. The third kappa shape index (κ3) is 2.95. The van der Waals surface area contributed by atoms with Crippen molar-refractivity contribution in [3.05, 3.63) is 43.7 Å². The topological polar surface area (TPSA) is 34.0 Å². The van der Waals surface area contributed by atoms with E-state index in [1.165, 1.54) is 5.57 Å². The standard InChI is InChI=1S/C19H28N2O/c1-12(2)15-7-9-16-17(10-8-15)21(13(3)4)18(11-20-6)14(5)19(16)22/h7,9-10,12-13,20H,8,11H2,1-6H3. The summed E-state index contributed by atoms with van der Waals surface area (Å²) in [5.74, 6) is 0.502. The first-order valence-electron chi connectivity index (χ1n) is 8.18. The summed E-state index contributed by atoms with van der Waals surface area (Å²) in [5.41, 5.74) is 3.49. The average Bonchev–Trinajstić information content (AvgIpc) is 2.67. The van der Waals surface area contributed by atoms with Crippen molar-refractivity contribution in [2.45, 2.75) is 53.6 Å². The highest BCUT2D eigenvalue weighted by Gasteiger charge is 2.14. The molecular formula is C19H28N2O. The quantitative estimate of drug-likeness (QED) is 0.923. The molecule has 0 atom stereocenters. The second-order valence-electron chi connectivity index (χ2n) is 6.67. The van der Waals surface area contributed by atoms with E-state index in [1.807, 2.05) is 20.0 Å². The Morgan fingerprint density at radius 3 is 2.45 bits per heavy atom. The van der Waals surface area contributed by atoms with Gasteiger partial charge in [-0.2, -0.15) is 0 Å². The largest absolute Gasteiger partial charge is 0.341 e. The Hall–Kier alpha value is -1.61. The smallest absolute Gasteiger partial charge is 0.192 e. The Kier molecular flexibility index (Phi) is 5.07. The number of aromatic nitrogens is 1. The van der Waals surface area contributed by atoms with Crippen LogP contribution in [0.3, 0.4) is 0 Å². The van der Waals surface area contributed by atoms with Crippen molar-refractivity contribution in [1.82, 2.24) is 9.88 Å². The predicted molar refractivity (Wildman–Crippen MR) is 94.3 cm³/mol. The van der Waals surface area contributed by atoms with Crippen molar-refractivity contribution in [3.8, 4) is 0 Å². The summed E-state index contributed by atoms with van der Waals surface area (Å²) >= 11 is 0. The number of nitrogens with zero attached hydrogens (tertiary/aromatic N) is 1. The first-order valence-corrected chi connectivity index (χ1v) is 8.18. The van der Waals surface area contributed by atoms with Crippen molar-refractivity contribution >= 4 is 12.2 Å². The molecule has 0 fully saturated rings. The van der Waals surface area contributed by atoms with Gasteiger partial charge in [-0.15, -0.1) is 0 Å². The van der Waals surface area contributed by atoms with Crippen molar-refractivity contribution in [2.24, 2.45) is 5.92 Å². The minimum atomic E-state index is 0.162. The fraction of sp³-hybridized carbons (Fsp3) is 0.526. The highest BCUT2D eigenvalue weighted by Crippen LogP contribution is 2.16. The molecule has 0 aliphatic heterocycles. The summed E-state index contributed by atoms with van der Waals surface area (Å²) in [5, 5.41) is 5.11. The number of hydrogen-bond donors (Lipinski definition) is 1. The minimum Gasteiger partial charge on any atom is -0.341 e. The average molecular weight is 300 g/mol. The van der Waals surface area contributed by atoms with E-state index in [2.05, 4.69) is 49.7 Å². The molecule has 0 amide bonds. The summed E-state index contributed by atoms with van der Waals surface area (Å²) in [4.78, 5) is 12.8. The fourth-order valence-electron chi connectivity index (χ4n) is 3.15. The maximum absolute atomic E-state index is 12.8. The molecule has 1 aromatic heterocycles. The van der Waals surface area contributed by atoms with Gasteiger partial charge in [-0.3, -0.25) is 4.79 Å². The van der Waals surface area contributed by atoms with Crippen molar-refractivity contribution in [2.75, 3.05) is 7.05 Å². The van der Waals surface area contributed by atoms with Crippen molar-refractivity contribution in [3.63, 3.8) is 0 Å². The highest BCUT2D eigenvalue weighted by molar-refractivity contribution is 5.48. The lowest BCUT2D eigenvalue weighted by Crippen LogP contribution is -2.49. The summed E-state index contributed by atoms with van der Waals surface area (Å²) in [6.45, 7) is 11.4. The summed E-state index contributed by atoms with van der Waals surface area (Å²) in [6.07, 6.45) is 7.29. The lowest BCUT2D eigenvalue weighted by atomic mass is 10.0. The third-order valence-corrected chi connectivity index (χ3v) is 4.44. The van der Waals surface area contributed by atoms with E-state index >= 15 is 0 Å². The second-order valence-corrected chi connectivity index (χ2v) is 6.67. The number of hydrogen-bond acceptors (Lipinski definition) is 2. The van der Waals surface area contributed by atoms with Gasteiger partial charge >= 0.3 is 0 Å². The SMILES string of the molecule is CNCc1c(C)c(=O)c2c(n1C(C)C)=CCC(C(C)C)=CC=2. The van der Waals surface area contributed by atoms with Gasteiger partial charge in [0, 0.05) is 34.4 Å². The molecule has 0 bridgehead atoms. The van der Waals surface area contributed by atoms with Gasteiger partial charge in [-0.1, -0.05) is 31.6 Å². The molecule has 22 heavy (non-hydrogen) atoms. The monoisotopic (exact) mass is 300 g/mol. The van der Waals surface area contributed by atoms with Gasteiger partial charge in [-0.25, -0.2) is 0 Å². The van der Waals surface area contributed by atoms with Crippen LogP contribution in [0.4, 0.5) is 0 Å². The summed E-state index contributed by atoms with van der Waals surface area (Å²) in [6, 6.07) is 0.321. The fourth-order valence-corrected chi connectivity index (χ4v) is 3.15. The predicted octanol–water partition coefficient (Wildman–Crippen LogP) is 2.00. The number of rotatable bonds is 4. The number of fused-ring (bicyclic) bond motifs is 1. The van der Waals surface area contributed by atoms with E-state index in [-0.39, 0.29) is 5.43 Å². The normalized spacial score (nSPS) is 14.3. The molecule has 3 heteroatoms. The van der Waals surface area contributed by atoms with Gasteiger partial charge in [-0.05, 0) is 46.2 Å². The van der Waals surface area contributed by atoms with E-state index in [0.29, 0.717) is 18.5 Å². The van der Waals surface area contributed by atoms with Crippen LogP contribution < -0.4 is 21.3 Å². The first kappa shape index (κ1) is 16.8. The van der Waals surface area contributed by atoms with Gasteiger partial charge in [0.15, 0.2) is 5.43 Å². The Balaban J connectivity index is 2.87. The third-order valence-electron chi connectivity index (χ3n) is 4.44. The lowest BCUT2D eigenvalue weighted by Gasteiger charge is -2.21. The van der Waals surface area contributed by atoms with Crippen LogP contribution in [-0.4, -0.2) is 11.6 Å². The van der Waals surface area contributed by atoms with Crippen LogP contribution in [0.2, 0.25) is 0 Å². The summed E-state index contributed by atoms with van der Waals surface area (Å²) in [7, 11) is 1.93. The molecular weight excluding hydrogens is 272 g/mol. The molecule has 1 aliphatic carbocycles. The molecule has 0 spiro atoms. The zero-order valence-corrected chi connectivity index (χ0v) is 14.7. The molecule has 0 unspecified atom stereocenters. The van der Waals surface area contributed by atoms with E-state index < -0.39 is 0 Å². The van der Waals surface area contributed by atoms with Crippen LogP contribution in [0.25, 0.3) is 12.2 Å². The van der Waals surface area contributed by atoms with Crippen molar-refractivity contribution < 1.29 is 0 Å². The van der Waals surface area contributed by atoms with Gasteiger partial charge in [0.05, 0.1) is 0 Å². The first-order chi connectivity index (χ1) is 10.4. The molecule has 0 radical (unpaired) electrons. The van der Waals surface area contributed by atoms with Crippen LogP contribution in [-0.2, 0) is 6.54 Å². The van der Waals surface area contributed by atoms with Gasteiger partial charge < -0.3 is 9.88 Å². The zero-order valence-electron chi connectivity index (χ0n) is 14.7. The maximum Gasteiger partial charge on any atom is 0.192 e. The van der Waals surface area contributed by atoms with Crippen molar-refractivity contribution in [1.29, 1.82) is 0 Å².